The number of benzene rings is 1. The van der Waals surface area contributed by atoms with Crippen LogP contribution in [0.15, 0.2) is 23.1 Å². The molecule has 1 heterocycles. The number of fused-ring (bicyclic) bond motifs is 1. The Morgan fingerprint density at radius 2 is 2.31 bits per heavy atom. The molecule has 0 aromatic heterocycles. The van der Waals surface area contributed by atoms with Gasteiger partial charge in [0.1, 0.15) is 0 Å². The van der Waals surface area contributed by atoms with Crippen LogP contribution in [0.4, 0.5) is 11.4 Å². The van der Waals surface area contributed by atoms with E-state index in [4.69, 9.17) is 5.73 Å². The second-order valence-electron chi connectivity index (χ2n) is 3.99. The summed E-state index contributed by atoms with van der Waals surface area (Å²) in [5, 5.41) is 2.97. The molecule has 1 aromatic carbocycles. The lowest BCUT2D eigenvalue weighted by Gasteiger charge is -2.24. The summed E-state index contributed by atoms with van der Waals surface area (Å²) in [6, 6.07) is 5.67. The van der Waals surface area contributed by atoms with E-state index in [1.165, 1.54) is 0 Å². The highest BCUT2D eigenvalue weighted by atomic mass is 32.2. The molecule has 16 heavy (non-hydrogen) atoms. The second kappa shape index (κ2) is 4.78. The Hall–Kier alpha value is -1.16. The van der Waals surface area contributed by atoms with Gasteiger partial charge in [-0.15, -0.1) is 11.8 Å². The molecule has 0 saturated carbocycles. The summed E-state index contributed by atoms with van der Waals surface area (Å²) in [5.74, 6) is 0.108. The molecule has 3 N–H and O–H groups in total. The van der Waals surface area contributed by atoms with Gasteiger partial charge in [-0.2, -0.15) is 0 Å². The number of hydrogen-bond donors (Lipinski definition) is 2. The molecule has 1 aliphatic heterocycles. The normalized spacial score (nSPS) is 19.1. The smallest absolute Gasteiger partial charge is 0.237 e. The third-order valence-corrected chi connectivity index (χ3v) is 3.99. The summed E-state index contributed by atoms with van der Waals surface area (Å²) in [6.07, 6.45) is 3.16. The monoisotopic (exact) mass is 236 g/mol. The number of thioether (sulfide) groups is 1. The van der Waals surface area contributed by atoms with Crippen LogP contribution in [-0.2, 0) is 4.79 Å². The number of unbranched alkanes of at least 4 members (excludes halogenated alkanes) is 1. The summed E-state index contributed by atoms with van der Waals surface area (Å²) in [6.45, 7) is 2.14. The molecule has 86 valence electrons. The quantitative estimate of drug-likeness (QED) is 0.793. The Balaban J connectivity index is 2.15. The molecule has 0 bridgehead atoms. The molecular formula is C12H16N2OS. The van der Waals surface area contributed by atoms with Gasteiger partial charge in [0.25, 0.3) is 0 Å². The van der Waals surface area contributed by atoms with Crippen molar-refractivity contribution in [3.63, 3.8) is 0 Å². The zero-order chi connectivity index (χ0) is 11.5. The first kappa shape index (κ1) is 11.3. The number of carbonyl (C=O) groups is 1. The number of nitrogen functional groups attached to an aromatic ring is 1. The molecular weight excluding hydrogens is 220 g/mol. The van der Waals surface area contributed by atoms with E-state index in [9.17, 15) is 4.79 Å². The molecule has 0 fully saturated rings. The predicted octanol–water partition coefficient (Wildman–Crippen LogP) is 2.87. The Morgan fingerprint density at radius 3 is 3.06 bits per heavy atom. The zero-order valence-electron chi connectivity index (χ0n) is 9.32. The molecule has 2 rings (SSSR count). The summed E-state index contributed by atoms with van der Waals surface area (Å²) in [5.41, 5.74) is 7.22. The van der Waals surface area contributed by atoms with Crippen molar-refractivity contribution < 1.29 is 4.79 Å². The van der Waals surface area contributed by atoms with Gasteiger partial charge in [-0.25, -0.2) is 0 Å². The summed E-state index contributed by atoms with van der Waals surface area (Å²) in [4.78, 5) is 12.9. The van der Waals surface area contributed by atoms with Crippen molar-refractivity contribution in [3.8, 4) is 0 Å². The molecule has 4 heteroatoms. The van der Waals surface area contributed by atoms with E-state index in [0.29, 0.717) is 5.69 Å². The van der Waals surface area contributed by atoms with Crippen molar-refractivity contribution in [3.05, 3.63) is 18.2 Å². The molecule has 0 aliphatic carbocycles. The SMILES string of the molecule is CCCCC1Sc2ccc(N)cc2NC1=O. The number of amides is 1. The van der Waals surface area contributed by atoms with Crippen LogP contribution in [0.2, 0.25) is 0 Å². The van der Waals surface area contributed by atoms with Crippen molar-refractivity contribution >= 4 is 29.0 Å². The maximum atomic E-state index is 11.8. The van der Waals surface area contributed by atoms with Crippen LogP contribution in [0.25, 0.3) is 0 Å². The van der Waals surface area contributed by atoms with Crippen LogP contribution >= 0.6 is 11.8 Å². The number of carbonyl (C=O) groups excluding carboxylic acids is 1. The number of hydrogen-bond acceptors (Lipinski definition) is 3. The lowest BCUT2D eigenvalue weighted by Crippen LogP contribution is -2.28. The minimum atomic E-state index is 0.0519. The topological polar surface area (TPSA) is 55.1 Å². The van der Waals surface area contributed by atoms with Crippen LogP contribution < -0.4 is 11.1 Å². The number of rotatable bonds is 3. The Labute approximate surface area is 99.8 Å². The average Bonchev–Trinajstić information content (AvgIpc) is 2.26. The fourth-order valence-corrected chi connectivity index (χ4v) is 2.89. The van der Waals surface area contributed by atoms with Crippen LogP contribution in [-0.4, -0.2) is 11.2 Å². The zero-order valence-corrected chi connectivity index (χ0v) is 10.1. The predicted molar refractivity (Wildman–Crippen MR) is 68.7 cm³/mol. The van der Waals surface area contributed by atoms with Gasteiger partial charge in [0.15, 0.2) is 0 Å². The third-order valence-electron chi connectivity index (χ3n) is 2.64. The van der Waals surface area contributed by atoms with E-state index in [2.05, 4.69) is 12.2 Å². The fourth-order valence-electron chi connectivity index (χ4n) is 1.75. The maximum Gasteiger partial charge on any atom is 0.237 e. The summed E-state index contributed by atoms with van der Waals surface area (Å²) in [7, 11) is 0. The molecule has 0 saturated heterocycles. The standard InChI is InChI=1S/C12H16N2OS/c1-2-3-4-11-12(15)14-9-7-8(13)5-6-10(9)16-11/h5-7,11H,2-4,13H2,1H3,(H,14,15). The Kier molecular flexibility index (Phi) is 3.39. The van der Waals surface area contributed by atoms with Gasteiger partial charge in [-0.05, 0) is 24.6 Å². The average molecular weight is 236 g/mol. The lowest BCUT2D eigenvalue weighted by atomic mass is 10.2. The van der Waals surface area contributed by atoms with Crippen molar-refractivity contribution in [2.24, 2.45) is 0 Å². The first-order valence-corrected chi connectivity index (χ1v) is 6.45. The van der Waals surface area contributed by atoms with Crippen molar-refractivity contribution in [2.75, 3.05) is 11.1 Å². The number of nitrogens with two attached hydrogens (primary N) is 1. The Morgan fingerprint density at radius 1 is 1.50 bits per heavy atom. The minimum Gasteiger partial charge on any atom is -0.399 e. The van der Waals surface area contributed by atoms with Crippen molar-refractivity contribution in [2.45, 2.75) is 36.3 Å². The molecule has 1 atom stereocenters. The first-order chi connectivity index (χ1) is 7.70. The first-order valence-electron chi connectivity index (χ1n) is 5.57. The van der Waals surface area contributed by atoms with Gasteiger partial charge in [0.05, 0.1) is 10.9 Å². The number of nitrogens with one attached hydrogen (secondary N) is 1. The Bertz CT molecular complexity index is 406. The van der Waals surface area contributed by atoms with Crippen LogP contribution in [0.1, 0.15) is 26.2 Å². The summed E-state index contributed by atoms with van der Waals surface area (Å²) >= 11 is 1.65. The largest absolute Gasteiger partial charge is 0.399 e. The van der Waals surface area contributed by atoms with Gasteiger partial charge in [0.2, 0.25) is 5.91 Å². The van der Waals surface area contributed by atoms with Crippen LogP contribution in [0.3, 0.4) is 0 Å². The van der Waals surface area contributed by atoms with E-state index < -0.39 is 0 Å². The number of anilines is 2. The minimum absolute atomic E-state index is 0.0519. The molecule has 0 radical (unpaired) electrons. The van der Waals surface area contributed by atoms with Gasteiger partial charge >= 0.3 is 0 Å². The van der Waals surface area contributed by atoms with Crippen LogP contribution in [0.5, 0.6) is 0 Å². The molecule has 3 nitrogen and oxygen atoms in total. The van der Waals surface area contributed by atoms with E-state index in [1.54, 1.807) is 11.8 Å². The second-order valence-corrected chi connectivity index (χ2v) is 5.24. The van der Waals surface area contributed by atoms with Crippen LogP contribution in [0, 0.1) is 0 Å². The molecule has 1 unspecified atom stereocenters. The van der Waals surface area contributed by atoms with Gasteiger partial charge in [-0.1, -0.05) is 19.8 Å². The van der Waals surface area contributed by atoms with Gasteiger partial charge in [0, 0.05) is 10.6 Å². The van der Waals surface area contributed by atoms with Crippen molar-refractivity contribution in [1.82, 2.24) is 0 Å². The highest BCUT2D eigenvalue weighted by Gasteiger charge is 2.26. The van der Waals surface area contributed by atoms with Crippen molar-refractivity contribution in [1.29, 1.82) is 0 Å². The van der Waals surface area contributed by atoms with Gasteiger partial charge in [-0.3, -0.25) is 4.79 Å². The fraction of sp³-hybridized carbons (Fsp3) is 0.417. The van der Waals surface area contributed by atoms with E-state index >= 15 is 0 Å². The molecule has 1 amide bonds. The highest BCUT2D eigenvalue weighted by molar-refractivity contribution is 8.01. The summed E-state index contributed by atoms with van der Waals surface area (Å²) < 4.78 is 0. The molecule has 0 spiro atoms. The molecule has 1 aromatic rings. The molecule has 1 aliphatic rings. The van der Waals surface area contributed by atoms with E-state index in [0.717, 1.165) is 29.8 Å². The van der Waals surface area contributed by atoms with Gasteiger partial charge < -0.3 is 11.1 Å². The third kappa shape index (κ3) is 2.32. The highest BCUT2D eigenvalue weighted by Crippen LogP contribution is 2.38. The lowest BCUT2D eigenvalue weighted by molar-refractivity contribution is -0.115. The van der Waals surface area contributed by atoms with E-state index in [1.807, 2.05) is 18.2 Å². The van der Waals surface area contributed by atoms with E-state index in [-0.39, 0.29) is 11.2 Å². The maximum absolute atomic E-state index is 11.8.